The largest absolute Gasteiger partial charge is 0.480 e. The van der Waals surface area contributed by atoms with Crippen molar-refractivity contribution in [3.05, 3.63) is 0 Å². The van der Waals surface area contributed by atoms with Crippen LogP contribution < -0.4 is 21.7 Å². The predicted octanol–water partition coefficient (Wildman–Crippen LogP) is 3.54. The van der Waals surface area contributed by atoms with Crippen molar-refractivity contribution in [2.24, 2.45) is 28.4 Å². The Morgan fingerprint density at radius 3 is 2.24 bits per heavy atom. The van der Waals surface area contributed by atoms with Crippen LogP contribution in [0.5, 0.6) is 0 Å². The zero-order chi connectivity index (χ0) is 24.9. The second-order valence-corrected chi connectivity index (χ2v) is 11.8. The van der Waals surface area contributed by atoms with E-state index < -0.39 is 24.1 Å². The lowest BCUT2D eigenvalue weighted by atomic mass is 9.71. The topological polar surface area (TPSA) is 134 Å². The van der Waals surface area contributed by atoms with E-state index in [2.05, 4.69) is 36.7 Å². The Labute approximate surface area is 204 Å². The van der Waals surface area contributed by atoms with E-state index in [1.54, 1.807) is 0 Å². The second-order valence-electron chi connectivity index (χ2n) is 11.8. The van der Waals surface area contributed by atoms with Crippen molar-refractivity contribution >= 4 is 17.9 Å². The molecule has 3 amide bonds. The summed E-state index contributed by atoms with van der Waals surface area (Å²) in [5.41, 5.74) is 5.92. The van der Waals surface area contributed by atoms with E-state index in [1.165, 1.54) is 12.8 Å². The summed E-state index contributed by atoms with van der Waals surface area (Å²) in [6.07, 6.45) is 11.2. The molecule has 8 heteroatoms. The third-order valence-corrected chi connectivity index (χ3v) is 9.44. The van der Waals surface area contributed by atoms with Crippen molar-refractivity contribution < 1.29 is 19.5 Å². The Morgan fingerprint density at radius 1 is 1.00 bits per heavy atom. The lowest BCUT2D eigenvalue weighted by molar-refractivity contribution is -0.139. The molecule has 0 heterocycles. The van der Waals surface area contributed by atoms with Crippen LogP contribution in [0.15, 0.2) is 0 Å². The van der Waals surface area contributed by atoms with E-state index in [-0.39, 0.29) is 22.8 Å². The maximum absolute atomic E-state index is 13.4. The van der Waals surface area contributed by atoms with E-state index in [0.29, 0.717) is 44.1 Å². The fraction of sp³-hybridized carbons (Fsp3) is 0.885. The highest BCUT2D eigenvalue weighted by Crippen LogP contribution is 2.65. The minimum absolute atomic E-state index is 0.128. The van der Waals surface area contributed by atoms with Crippen LogP contribution in [0.25, 0.3) is 0 Å². The van der Waals surface area contributed by atoms with Crippen LogP contribution in [-0.4, -0.2) is 47.7 Å². The molecule has 0 aliphatic heterocycles. The van der Waals surface area contributed by atoms with Crippen molar-refractivity contribution in [2.45, 2.75) is 116 Å². The van der Waals surface area contributed by atoms with Gasteiger partial charge < -0.3 is 26.8 Å². The SMILES string of the molecule is CC12CCC(C(NC(=O)C(CC3CCCCC3)NC(=O)NC(CCCCN)C(=O)O)C1)C2(C)C. The van der Waals surface area contributed by atoms with Gasteiger partial charge in [0.15, 0.2) is 0 Å². The number of rotatable bonds is 11. The molecule has 0 aromatic rings. The Morgan fingerprint density at radius 2 is 1.68 bits per heavy atom. The number of urea groups is 1. The molecule has 3 saturated carbocycles. The van der Waals surface area contributed by atoms with Crippen LogP contribution in [-0.2, 0) is 9.59 Å². The van der Waals surface area contributed by atoms with E-state index in [4.69, 9.17) is 5.73 Å². The van der Waals surface area contributed by atoms with Gasteiger partial charge in [0.05, 0.1) is 0 Å². The van der Waals surface area contributed by atoms with E-state index in [0.717, 1.165) is 38.5 Å². The van der Waals surface area contributed by atoms with Crippen LogP contribution in [0.4, 0.5) is 4.79 Å². The van der Waals surface area contributed by atoms with Crippen LogP contribution >= 0.6 is 0 Å². The van der Waals surface area contributed by atoms with Crippen LogP contribution in [0.3, 0.4) is 0 Å². The molecule has 6 N–H and O–H groups in total. The first kappa shape index (κ1) is 26.8. The number of nitrogens with two attached hydrogens (primary N) is 1. The van der Waals surface area contributed by atoms with Gasteiger partial charge >= 0.3 is 12.0 Å². The van der Waals surface area contributed by atoms with Gasteiger partial charge in [-0.15, -0.1) is 0 Å². The number of unbranched alkanes of at least 4 members (excludes halogenated alkanes) is 1. The zero-order valence-corrected chi connectivity index (χ0v) is 21.3. The second kappa shape index (κ2) is 11.3. The summed E-state index contributed by atoms with van der Waals surface area (Å²) >= 11 is 0. The Kier molecular flexibility index (Phi) is 8.87. The van der Waals surface area contributed by atoms with Gasteiger partial charge in [0, 0.05) is 6.04 Å². The quantitative estimate of drug-likeness (QED) is 0.290. The van der Waals surface area contributed by atoms with Gasteiger partial charge in [-0.2, -0.15) is 0 Å². The van der Waals surface area contributed by atoms with E-state index >= 15 is 0 Å². The number of carboxylic acid groups (broad SMARTS) is 1. The summed E-state index contributed by atoms with van der Waals surface area (Å²) in [7, 11) is 0. The first-order valence-corrected chi connectivity index (χ1v) is 13.4. The highest BCUT2D eigenvalue weighted by Gasteiger charge is 2.60. The van der Waals surface area contributed by atoms with Gasteiger partial charge in [-0.25, -0.2) is 9.59 Å². The van der Waals surface area contributed by atoms with Gasteiger partial charge in [0.25, 0.3) is 0 Å². The van der Waals surface area contributed by atoms with Crippen molar-refractivity contribution in [1.29, 1.82) is 0 Å². The average molecular weight is 479 g/mol. The average Bonchev–Trinajstić information content (AvgIpc) is 3.11. The van der Waals surface area contributed by atoms with Crippen molar-refractivity contribution in [3.63, 3.8) is 0 Å². The molecule has 3 rings (SSSR count). The van der Waals surface area contributed by atoms with E-state index in [9.17, 15) is 19.5 Å². The fourth-order valence-electron chi connectivity index (χ4n) is 6.83. The molecule has 0 aromatic heterocycles. The Bertz CT molecular complexity index is 734. The summed E-state index contributed by atoms with van der Waals surface area (Å²) in [6, 6.07) is -2.10. The van der Waals surface area contributed by atoms with Crippen LogP contribution in [0.2, 0.25) is 0 Å². The summed E-state index contributed by atoms with van der Waals surface area (Å²) in [4.78, 5) is 37.8. The molecule has 0 spiro atoms. The number of hydrogen-bond acceptors (Lipinski definition) is 4. The van der Waals surface area contributed by atoms with E-state index in [1.807, 2.05) is 0 Å². The molecule has 194 valence electrons. The summed E-state index contributed by atoms with van der Waals surface area (Å²) in [5.74, 6) is -0.353. The normalized spacial score (nSPS) is 29.9. The van der Waals surface area contributed by atoms with Gasteiger partial charge in [0.1, 0.15) is 12.1 Å². The molecule has 5 atom stereocenters. The van der Waals surface area contributed by atoms with Gasteiger partial charge in [-0.1, -0.05) is 52.9 Å². The van der Waals surface area contributed by atoms with Crippen molar-refractivity contribution in [2.75, 3.05) is 6.54 Å². The molecule has 0 aromatic carbocycles. The maximum Gasteiger partial charge on any atom is 0.326 e. The molecule has 8 nitrogen and oxygen atoms in total. The minimum atomic E-state index is -1.07. The third kappa shape index (κ3) is 6.04. The third-order valence-electron chi connectivity index (χ3n) is 9.44. The fourth-order valence-corrected chi connectivity index (χ4v) is 6.83. The number of carboxylic acids is 1. The molecule has 0 saturated heterocycles. The molecule has 3 aliphatic rings. The van der Waals surface area contributed by atoms with Gasteiger partial charge in [-0.05, 0) is 74.2 Å². The number of aliphatic carboxylic acids is 1. The number of carbonyl (C=O) groups excluding carboxylic acids is 2. The molecular weight excluding hydrogens is 432 g/mol. The standard InChI is InChI=1S/C26H46N4O4/c1-25(2)18-12-13-26(25,3)16-21(18)28-22(31)20(15-17-9-5-4-6-10-17)30-24(34)29-19(23(32)33)11-7-8-14-27/h17-21H,4-16,27H2,1-3H3,(H,28,31)(H,32,33)(H2,29,30,34). The molecule has 2 bridgehead atoms. The lowest BCUT2D eigenvalue weighted by Gasteiger charge is -2.33. The molecule has 0 radical (unpaired) electrons. The van der Waals surface area contributed by atoms with Gasteiger partial charge in [-0.3, -0.25) is 4.79 Å². The smallest absolute Gasteiger partial charge is 0.326 e. The highest BCUT2D eigenvalue weighted by molar-refractivity contribution is 5.89. The van der Waals surface area contributed by atoms with Crippen LogP contribution in [0.1, 0.15) is 97.8 Å². The van der Waals surface area contributed by atoms with Crippen molar-refractivity contribution in [3.8, 4) is 0 Å². The summed E-state index contributed by atoms with van der Waals surface area (Å²) < 4.78 is 0. The number of carbonyl (C=O) groups is 3. The zero-order valence-electron chi connectivity index (χ0n) is 21.3. The van der Waals surface area contributed by atoms with Crippen molar-refractivity contribution in [1.82, 2.24) is 16.0 Å². The number of fused-ring (bicyclic) bond motifs is 2. The van der Waals surface area contributed by atoms with Crippen LogP contribution in [0, 0.1) is 22.7 Å². The first-order valence-electron chi connectivity index (χ1n) is 13.4. The van der Waals surface area contributed by atoms with Gasteiger partial charge in [0.2, 0.25) is 5.91 Å². The molecule has 3 aliphatic carbocycles. The number of amides is 3. The predicted molar refractivity (Wildman–Crippen MR) is 132 cm³/mol. The molecular formula is C26H46N4O4. The Hall–Kier alpha value is -1.83. The maximum atomic E-state index is 13.4. The number of hydrogen-bond donors (Lipinski definition) is 5. The Balaban J connectivity index is 1.64. The highest BCUT2D eigenvalue weighted by atomic mass is 16.4. The molecule has 34 heavy (non-hydrogen) atoms. The summed E-state index contributed by atoms with van der Waals surface area (Å²) in [5, 5.41) is 18.2. The molecule has 3 fully saturated rings. The monoisotopic (exact) mass is 478 g/mol. The number of nitrogens with one attached hydrogen (secondary N) is 3. The first-order chi connectivity index (χ1) is 16.1. The molecule has 5 unspecified atom stereocenters. The minimum Gasteiger partial charge on any atom is -0.480 e. The summed E-state index contributed by atoms with van der Waals surface area (Å²) in [6.45, 7) is 7.46. The lowest BCUT2D eigenvalue weighted by Crippen LogP contribution is -2.55.